The van der Waals surface area contributed by atoms with Gasteiger partial charge in [0.2, 0.25) is 5.91 Å². The Labute approximate surface area is 196 Å². The van der Waals surface area contributed by atoms with Crippen molar-refractivity contribution in [2.75, 3.05) is 30.3 Å². The van der Waals surface area contributed by atoms with E-state index in [-0.39, 0.29) is 11.5 Å². The summed E-state index contributed by atoms with van der Waals surface area (Å²) in [5, 5.41) is 3.82. The van der Waals surface area contributed by atoms with Gasteiger partial charge in [-0.2, -0.15) is 11.8 Å². The van der Waals surface area contributed by atoms with Crippen LogP contribution in [0.2, 0.25) is 0 Å². The van der Waals surface area contributed by atoms with Crippen molar-refractivity contribution in [3.8, 4) is 0 Å². The van der Waals surface area contributed by atoms with Crippen LogP contribution in [0.1, 0.15) is 41.6 Å². The molecule has 1 aliphatic rings. The molecule has 0 fully saturated rings. The van der Waals surface area contributed by atoms with Crippen LogP contribution in [0, 0.1) is 6.92 Å². The van der Waals surface area contributed by atoms with Crippen LogP contribution in [0.3, 0.4) is 0 Å². The number of para-hydroxylation sites is 1. The first-order chi connectivity index (χ1) is 15.6. The number of hydrogen-bond donors (Lipinski definition) is 2. The van der Waals surface area contributed by atoms with Crippen molar-refractivity contribution in [2.24, 2.45) is 0 Å². The summed E-state index contributed by atoms with van der Waals surface area (Å²) < 4.78 is 0. The second-order valence-electron chi connectivity index (χ2n) is 8.07. The van der Waals surface area contributed by atoms with Crippen molar-refractivity contribution < 1.29 is 4.79 Å². The largest absolute Gasteiger partial charge is 0.370 e. The smallest absolute Gasteiger partial charge is 0.259 e. The third-order valence-electron chi connectivity index (χ3n) is 5.88. The number of carbonyl (C=O) groups is 1. The van der Waals surface area contributed by atoms with Crippen LogP contribution in [0.25, 0.3) is 10.2 Å². The van der Waals surface area contributed by atoms with Gasteiger partial charge < -0.3 is 15.2 Å². The fourth-order valence-electron chi connectivity index (χ4n) is 4.23. The molecule has 6 nitrogen and oxygen atoms in total. The lowest BCUT2D eigenvalue weighted by Gasteiger charge is -2.25. The molecule has 8 heteroatoms. The van der Waals surface area contributed by atoms with Crippen LogP contribution in [0.4, 0.5) is 5.69 Å². The number of aryl methyl sites for hydroxylation is 3. The van der Waals surface area contributed by atoms with Crippen LogP contribution < -0.4 is 15.8 Å². The highest BCUT2D eigenvalue weighted by Gasteiger charge is 2.21. The summed E-state index contributed by atoms with van der Waals surface area (Å²) in [6.07, 6.45) is 3.65. The quantitative estimate of drug-likeness (QED) is 0.437. The van der Waals surface area contributed by atoms with E-state index in [1.54, 1.807) is 23.1 Å². The molecule has 4 rings (SSSR count). The number of anilines is 1. The number of fused-ring (bicyclic) bond motifs is 3. The van der Waals surface area contributed by atoms with E-state index < -0.39 is 0 Å². The van der Waals surface area contributed by atoms with E-state index in [0.29, 0.717) is 30.3 Å². The van der Waals surface area contributed by atoms with E-state index >= 15 is 0 Å². The average molecular weight is 471 g/mol. The van der Waals surface area contributed by atoms with Crippen molar-refractivity contribution in [2.45, 2.75) is 45.3 Å². The summed E-state index contributed by atoms with van der Waals surface area (Å²) in [5.41, 5.74) is 3.65. The van der Waals surface area contributed by atoms with Gasteiger partial charge in [0.15, 0.2) is 0 Å². The summed E-state index contributed by atoms with van der Waals surface area (Å²) >= 11 is 3.29. The number of benzene rings is 1. The number of aromatic nitrogens is 2. The van der Waals surface area contributed by atoms with Crippen LogP contribution in [0.5, 0.6) is 0 Å². The Bertz CT molecular complexity index is 1150. The molecule has 0 radical (unpaired) electrons. The third-order valence-corrected chi connectivity index (χ3v) is 8.03. The lowest BCUT2D eigenvalue weighted by molar-refractivity contribution is -0.120. The van der Waals surface area contributed by atoms with E-state index in [0.717, 1.165) is 42.6 Å². The van der Waals surface area contributed by atoms with Gasteiger partial charge in [0.1, 0.15) is 10.7 Å². The number of carbonyl (C=O) groups excluding carboxylic acids is 1. The molecule has 0 saturated carbocycles. The highest BCUT2D eigenvalue weighted by molar-refractivity contribution is 7.98. The van der Waals surface area contributed by atoms with Gasteiger partial charge in [0.05, 0.1) is 11.1 Å². The fourth-order valence-corrected chi connectivity index (χ4v) is 6.32. The molecule has 1 aliphatic carbocycles. The van der Waals surface area contributed by atoms with Crippen LogP contribution in [-0.4, -0.2) is 41.3 Å². The molecule has 1 aromatic carbocycles. The van der Waals surface area contributed by atoms with E-state index in [4.69, 9.17) is 0 Å². The molecule has 0 spiro atoms. The number of aromatic amines is 1. The van der Waals surface area contributed by atoms with Gasteiger partial charge >= 0.3 is 0 Å². The summed E-state index contributed by atoms with van der Waals surface area (Å²) in [6.45, 7) is 6.55. The Hall–Kier alpha value is -2.32. The lowest BCUT2D eigenvalue weighted by Crippen LogP contribution is -2.35. The van der Waals surface area contributed by atoms with Gasteiger partial charge in [0.25, 0.3) is 5.56 Å². The van der Waals surface area contributed by atoms with E-state index in [1.807, 2.05) is 12.1 Å². The van der Waals surface area contributed by atoms with Crippen molar-refractivity contribution in [3.05, 3.63) is 56.4 Å². The summed E-state index contributed by atoms with van der Waals surface area (Å²) in [4.78, 5) is 36.8. The zero-order valence-corrected chi connectivity index (χ0v) is 20.3. The number of thioether (sulfide) groups is 1. The second kappa shape index (κ2) is 10.5. The van der Waals surface area contributed by atoms with Gasteiger partial charge in [0, 0.05) is 42.4 Å². The van der Waals surface area contributed by atoms with Crippen molar-refractivity contribution in [3.63, 3.8) is 0 Å². The Balaban J connectivity index is 1.20. The average Bonchev–Trinajstić information content (AvgIpc) is 3.36. The SMILES string of the molecule is CCN(CCNC(=O)CCSCc1nc2sc3c(c2c(=O)[nH]1)CCC3)c1ccccc1C. The molecule has 0 aliphatic heterocycles. The first kappa shape index (κ1) is 22.9. The number of nitrogens with one attached hydrogen (secondary N) is 2. The molecule has 2 aromatic heterocycles. The number of rotatable bonds is 10. The number of thiophene rings is 1. The summed E-state index contributed by atoms with van der Waals surface area (Å²) in [5.74, 6) is 2.07. The molecular formula is C24H30N4O2S2. The maximum Gasteiger partial charge on any atom is 0.259 e. The van der Waals surface area contributed by atoms with Crippen LogP contribution in [0.15, 0.2) is 29.1 Å². The van der Waals surface area contributed by atoms with Gasteiger partial charge in [-0.05, 0) is 50.3 Å². The normalized spacial score (nSPS) is 12.8. The standard InChI is InChI=1S/C24H30N4O2S2/c1-3-28(18-9-5-4-7-16(18)2)13-12-25-21(29)11-14-31-15-20-26-23(30)22-17-8-6-10-19(17)32-24(22)27-20/h4-5,7,9H,3,6,8,10-15H2,1-2H3,(H,25,29)(H,26,27,30). The topological polar surface area (TPSA) is 78.1 Å². The Morgan fingerprint density at radius 3 is 2.97 bits per heavy atom. The number of nitrogens with zero attached hydrogens (tertiary/aromatic N) is 2. The zero-order chi connectivity index (χ0) is 22.5. The minimum atomic E-state index is -0.0168. The van der Waals surface area contributed by atoms with Gasteiger partial charge in [-0.3, -0.25) is 9.59 Å². The first-order valence-electron chi connectivity index (χ1n) is 11.2. The number of amides is 1. The van der Waals surface area contributed by atoms with Gasteiger partial charge in [-0.25, -0.2) is 4.98 Å². The first-order valence-corrected chi connectivity index (χ1v) is 13.2. The lowest BCUT2D eigenvalue weighted by atomic mass is 10.2. The molecule has 0 atom stereocenters. The molecule has 3 aromatic rings. The van der Waals surface area contributed by atoms with Crippen LogP contribution >= 0.6 is 23.1 Å². The maximum atomic E-state index is 12.5. The molecule has 170 valence electrons. The monoisotopic (exact) mass is 470 g/mol. The molecular weight excluding hydrogens is 440 g/mol. The summed E-state index contributed by atoms with van der Waals surface area (Å²) in [6, 6.07) is 8.32. The number of likely N-dealkylation sites (N-methyl/N-ethyl adjacent to an activating group) is 1. The number of hydrogen-bond acceptors (Lipinski definition) is 6. The molecule has 2 N–H and O–H groups in total. The minimum absolute atomic E-state index is 0.0168. The Kier molecular flexibility index (Phi) is 7.52. The van der Waals surface area contributed by atoms with Gasteiger partial charge in [-0.15, -0.1) is 11.3 Å². The minimum Gasteiger partial charge on any atom is -0.370 e. The van der Waals surface area contributed by atoms with Crippen molar-refractivity contribution in [1.82, 2.24) is 15.3 Å². The molecule has 32 heavy (non-hydrogen) atoms. The van der Waals surface area contributed by atoms with E-state index in [9.17, 15) is 9.59 Å². The third kappa shape index (κ3) is 5.18. The Morgan fingerprint density at radius 1 is 1.31 bits per heavy atom. The van der Waals surface area contributed by atoms with Crippen molar-refractivity contribution >= 4 is 44.9 Å². The fraction of sp³-hybridized carbons (Fsp3) is 0.458. The highest BCUT2D eigenvalue weighted by atomic mass is 32.2. The second-order valence-corrected chi connectivity index (χ2v) is 10.3. The maximum absolute atomic E-state index is 12.5. The molecule has 1 amide bonds. The molecule has 0 bridgehead atoms. The van der Waals surface area contributed by atoms with Gasteiger partial charge in [-0.1, -0.05) is 18.2 Å². The predicted octanol–water partition coefficient (Wildman–Crippen LogP) is 4.05. The Morgan fingerprint density at radius 2 is 2.16 bits per heavy atom. The van der Waals surface area contributed by atoms with E-state index in [1.165, 1.54) is 21.7 Å². The van der Waals surface area contributed by atoms with Crippen LogP contribution in [-0.2, 0) is 23.4 Å². The predicted molar refractivity (Wildman–Crippen MR) is 135 cm³/mol. The molecule has 2 heterocycles. The molecule has 0 unspecified atom stereocenters. The van der Waals surface area contributed by atoms with Crippen molar-refractivity contribution in [1.29, 1.82) is 0 Å². The van der Waals surface area contributed by atoms with E-state index in [2.05, 4.69) is 46.2 Å². The zero-order valence-electron chi connectivity index (χ0n) is 18.7. The molecule has 0 saturated heterocycles. The number of H-pyrrole nitrogens is 1. The summed E-state index contributed by atoms with van der Waals surface area (Å²) in [7, 11) is 0. The highest BCUT2D eigenvalue weighted by Crippen LogP contribution is 2.34.